The van der Waals surface area contributed by atoms with Crippen LogP contribution in [0.3, 0.4) is 0 Å². The SMILES string of the molecule is Bc1cnn(C2COC2)c1. The van der Waals surface area contributed by atoms with Crippen molar-refractivity contribution in [1.29, 1.82) is 0 Å². The fourth-order valence-corrected chi connectivity index (χ4v) is 1.01. The maximum absolute atomic E-state index is 5.04. The van der Waals surface area contributed by atoms with E-state index in [0.29, 0.717) is 6.04 Å². The number of hydrogen-bond acceptors (Lipinski definition) is 2. The topological polar surface area (TPSA) is 27.1 Å². The first-order valence-electron chi connectivity index (χ1n) is 3.45. The Morgan fingerprint density at radius 1 is 1.70 bits per heavy atom. The van der Waals surface area contributed by atoms with Gasteiger partial charge in [0, 0.05) is 12.4 Å². The zero-order valence-corrected chi connectivity index (χ0v) is 5.95. The molecule has 3 nitrogen and oxygen atoms in total. The van der Waals surface area contributed by atoms with Gasteiger partial charge in [-0.25, -0.2) is 0 Å². The molecule has 0 spiro atoms. The number of nitrogens with zero attached hydrogens (tertiary/aromatic N) is 2. The summed E-state index contributed by atoms with van der Waals surface area (Å²) in [5.74, 6) is 0. The van der Waals surface area contributed by atoms with Gasteiger partial charge in [0.1, 0.15) is 7.85 Å². The Balaban J connectivity index is 2.17. The van der Waals surface area contributed by atoms with Gasteiger partial charge in [0.05, 0.1) is 19.3 Å². The first-order valence-corrected chi connectivity index (χ1v) is 3.45. The van der Waals surface area contributed by atoms with Crippen molar-refractivity contribution < 1.29 is 4.74 Å². The summed E-state index contributed by atoms with van der Waals surface area (Å²) in [7, 11) is 2.04. The van der Waals surface area contributed by atoms with E-state index < -0.39 is 0 Å². The zero-order valence-electron chi connectivity index (χ0n) is 5.95. The number of aromatic nitrogens is 2. The molecule has 1 saturated heterocycles. The molecule has 1 fully saturated rings. The second-order valence-electron chi connectivity index (χ2n) is 2.69. The minimum absolute atomic E-state index is 0.494. The molecule has 0 amide bonds. The predicted molar refractivity (Wildman–Crippen MR) is 40.3 cm³/mol. The summed E-state index contributed by atoms with van der Waals surface area (Å²) in [6, 6.07) is 0.494. The van der Waals surface area contributed by atoms with E-state index in [1.807, 2.05) is 24.9 Å². The molecule has 1 aromatic heterocycles. The molecule has 1 aromatic rings. The summed E-state index contributed by atoms with van der Waals surface area (Å²) in [5, 5.41) is 4.17. The molecule has 52 valence electrons. The fraction of sp³-hybridized carbons (Fsp3) is 0.500. The molecule has 2 heterocycles. The van der Waals surface area contributed by atoms with Crippen LogP contribution in [-0.2, 0) is 4.74 Å². The normalized spacial score (nSPS) is 18.8. The molecule has 1 aliphatic rings. The van der Waals surface area contributed by atoms with Crippen LogP contribution in [0.1, 0.15) is 6.04 Å². The van der Waals surface area contributed by atoms with Gasteiger partial charge < -0.3 is 4.74 Å². The van der Waals surface area contributed by atoms with Crippen LogP contribution in [0.15, 0.2) is 12.4 Å². The summed E-state index contributed by atoms with van der Waals surface area (Å²) in [5.41, 5.74) is 1.21. The average molecular weight is 136 g/mol. The van der Waals surface area contributed by atoms with E-state index in [-0.39, 0.29) is 0 Å². The molecule has 0 radical (unpaired) electrons. The summed E-state index contributed by atoms with van der Waals surface area (Å²) in [6.07, 6.45) is 3.92. The standard InChI is InChI=1S/C6H9BN2O/c7-5-1-8-9(2-5)6-3-10-4-6/h1-2,6H,3-4,7H2. The average Bonchev–Trinajstić information content (AvgIpc) is 2.10. The minimum atomic E-state index is 0.494. The van der Waals surface area contributed by atoms with Gasteiger partial charge in [-0.1, -0.05) is 5.46 Å². The number of hydrogen-bond donors (Lipinski definition) is 0. The van der Waals surface area contributed by atoms with E-state index in [1.165, 1.54) is 5.46 Å². The lowest BCUT2D eigenvalue weighted by Crippen LogP contribution is -2.31. The van der Waals surface area contributed by atoms with Gasteiger partial charge >= 0.3 is 0 Å². The van der Waals surface area contributed by atoms with Crippen molar-refractivity contribution in [3.8, 4) is 0 Å². The second kappa shape index (κ2) is 2.13. The summed E-state index contributed by atoms with van der Waals surface area (Å²) in [4.78, 5) is 0. The van der Waals surface area contributed by atoms with E-state index in [0.717, 1.165) is 13.2 Å². The Bertz CT molecular complexity index is 231. The third-order valence-corrected chi connectivity index (χ3v) is 1.73. The fourth-order valence-electron chi connectivity index (χ4n) is 1.01. The van der Waals surface area contributed by atoms with Gasteiger partial charge in [0.25, 0.3) is 0 Å². The lowest BCUT2D eigenvalue weighted by molar-refractivity contribution is -0.0286. The van der Waals surface area contributed by atoms with Crippen LogP contribution in [0.4, 0.5) is 0 Å². The summed E-state index contributed by atoms with van der Waals surface area (Å²) < 4.78 is 7.01. The Hall–Kier alpha value is -0.765. The highest BCUT2D eigenvalue weighted by molar-refractivity contribution is 6.31. The third kappa shape index (κ3) is 0.846. The first-order chi connectivity index (χ1) is 4.86. The number of rotatable bonds is 1. The van der Waals surface area contributed by atoms with Crippen molar-refractivity contribution in [1.82, 2.24) is 9.78 Å². The molecule has 0 aliphatic carbocycles. The summed E-state index contributed by atoms with van der Waals surface area (Å²) >= 11 is 0. The zero-order chi connectivity index (χ0) is 6.97. The molecule has 0 bridgehead atoms. The van der Waals surface area contributed by atoms with Crippen LogP contribution in [0.25, 0.3) is 0 Å². The second-order valence-corrected chi connectivity index (χ2v) is 2.69. The Kier molecular flexibility index (Phi) is 1.27. The van der Waals surface area contributed by atoms with Crippen molar-refractivity contribution in [2.45, 2.75) is 6.04 Å². The third-order valence-electron chi connectivity index (χ3n) is 1.73. The highest BCUT2D eigenvalue weighted by Gasteiger charge is 2.20. The van der Waals surface area contributed by atoms with Crippen molar-refractivity contribution >= 4 is 13.3 Å². The van der Waals surface area contributed by atoms with Crippen LogP contribution < -0.4 is 5.46 Å². The molecular weight excluding hydrogens is 127 g/mol. The maximum Gasteiger partial charge on any atom is 0.143 e. The van der Waals surface area contributed by atoms with Crippen LogP contribution >= 0.6 is 0 Å². The first kappa shape index (κ1) is 5.98. The van der Waals surface area contributed by atoms with E-state index >= 15 is 0 Å². The smallest absolute Gasteiger partial charge is 0.143 e. The van der Waals surface area contributed by atoms with Crippen LogP contribution in [0, 0.1) is 0 Å². The van der Waals surface area contributed by atoms with Gasteiger partial charge in [0.2, 0.25) is 0 Å². The van der Waals surface area contributed by atoms with Crippen LogP contribution in [-0.4, -0.2) is 30.8 Å². The number of ether oxygens (including phenoxy) is 1. The molecule has 1 aliphatic heterocycles. The summed E-state index contributed by atoms with van der Waals surface area (Å²) in [6.45, 7) is 1.64. The molecule has 0 N–H and O–H groups in total. The van der Waals surface area contributed by atoms with Crippen molar-refractivity contribution in [3.63, 3.8) is 0 Å². The Labute approximate surface area is 60.4 Å². The highest BCUT2D eigenvalue weighted by atomic mass is 16.5. The van der Waals surface area contributed by atoms with Gasteiger partial charge in [-0.15, -0.1) is 0 Å². The van der Waals surface area contributed by atoms with E-state index in [1.54, 1.807) is 0 Å². The Morgan fingerprint density at radius 3 is 2.90 bits per heavy atom. The van der Waals surface area contributed by atoms with Crippen molar-refractivity contribution in [2.75, 3.05) is 13.2 Å². The van der Waals surface area contributed by atoms with Crippen LogP contribution in [0.2, 0.25) is 0 Å². The van der Waals surface area contributed by atoms with Crippen LogP contribution in [0.5, 0.6) is 0 Å². The Morgan fingerprint density at radius 2 is 2.50 bits per heavy atom. The van der Waals surface area contributed by atoms with Crippen molar-refractivity contribution in [3.05, 3.63) is 12.4 Å². The van der Waals surface area contributed by atoms with Gasteiger partial charge in [-0.2, -0.15) is 5.10 Å². The molecule has 0 unspecified atom stereocenters. The molecule has 10 heavy (non-hydrogen) atoms. The van der Waals surface area contributed by atoms with Gasteiger partial charge in [0.15, 0.2) is 0 Å². The molecule has 0 aromatic carbocycles. The van der Waals surface area contributed by atoms with Gasteiger partial charge in [-0.05, 0) is 0 Å². The monoisotopic (exact) mass is 136 g/mol. The molecule has 2 rings (SSSR count). The van der Waals surface area contributed by atoms with E-state index in [2.05, 4.69) is 5.10 Å². The lowest BCUT2D eigenvalue weighted by atomic mass is 10.0. The minimum Gasteiger partial charge on any atom is -0.377 e. The maximum atomic E-state index is 5.04. The quantitative estimate of drug-likeness (QED) is 0.449. The van der Waals surface area contributed by atoms with E-state index in [4.69, 9.17) is 4.74 Å². The van der Waals surface area contributed by atoms with Crippen molar-refractivity contribution in [2.24, 2.45) is 0 Å². The lowest BCUT2D eigenvalue weighted by Gasteiger charge is -2.25. The molecular formula is C6H9BN2O. The van der Waals surface area contributed by atoms with E-state index in [9.17, 15) is 0 Å². The largest absolute Gasteiger partial charge is 0.377 e. The molecule has 0 saturated carbocycles. The molecule has 4 heteroatoms. The van der Waals surface area contributed by atoms with Gasteiger partial charge in [-0.3, -0.25) is 4.68 Å². The molecule has 0 atom stereocenters. The predicted octanol–water partition coefficient (Wildman–Crippen LogP) is -1.29. The highest BCUT2D eigenvalue weighted by Crippen LogP contribution is 2.13.